The Kier molecular flexibility index (Phi) is 7.91. The highest BCUT2D eigenvalue weighted by atomic mass is 79.9. The van der Waals surface area contributed by atoms with Gasteiger partial charge in [-0.2, -0.15) is 0 Å². The molecule has 2 aromatic carbocycles. The van der Waals surface area contributed by atoms with Crippen LogP contribution in [0.25, 0.3) is 0 Å². The van der Waals surface area contributed by atoms with Gasteiger partial charge in [-0.05, 0) is 62.1 Å². The summed E-state index contributed by atoms with van der Waals surface area (Å²) in [6.07, 6.45) is 4.30. The van der Waals surface area contributed by atoms with Crippen LogP contribution in [0.5, 0.6) is 5.75 Å². The summed E-state index contributed by atoms with van der Waals surface area (Å²) < 4.78 is 6.66. The number of halogens is 1. The minimum Gasteiger partial charge on any atom is -0.484 e. The first-order chi connectivity index (χ1) is 14.4. The summed E-state index contributed by atoms with van der Waals surface area (Å²) in [6, 6.07) is 15.0. The Labute approximate surface area is 186 Å². The van der Waals surface area contributed by atoms with Crippen LogP contribution in [0.3, 0.4) is 0 Å². The molecule has 160 valence electrons. The molecule has 0 saturated heterocycles. The Balaban J connectivity index is 1.71. The number of hydrogen-bond donors (Lipinski definition) is 1. The summed E-state index contributed by atoms with van der Waals surface area (Å²) in [5, 5.41) is 3.11. The van der Waals surface area contributed by atoms with E-state index in [9.17, 15) is 9.59 Å². The zero-order valence-corrected chi connectivity index (χ0v) is 19.2. The number of nitrogens with one attached hydrogen (secondary N) is 1. The van der Waals surface area contributed by atoms with E-state index in [1.807, 2.05) is 55.5 Å². The molecule has 0 aliphatic heterocycles. The average molecular weight is 473 g/mol. The van der Waals surface area contributed by atoms with Crippen LogP contribution in [-0.4, -0.2) is 35.4 Å². The van der Waals surface area contributed by atoms with Gasteiger partial charge in [0.1, 0.15) is 11.8 Å². The first-order valence-corrected chi connectivity index (χ1v) is 11.3. The van der Waals surface area contributed by atoms with Crippen molar-refractivity contribution in [2.45, 2.75) is 58.2 Å². The summed E-state index contributed by atoms with van der Waals surface area (Å²) >= 11 is 3.47. The van der Waals surface area contributed by atoms with Crippen molar-refractivity contribution in [3.63, 3.8) is 0 Å². The molecule has 2 amide bonds. The zero-order chi connectivity index (χ0) is 21.5. The van der Waals surface area contributed by atoms with Gasteiger partial charge in [0.15, 0.2) is 6.61 Å². The van der Waals surface area contributed by atoms with Crippen LogP contribution in [-0.2, 0) is 16.1 Å². The maximum Gasteiger partial charge on any atom is 0.261 e. The SMILES string of the molecule is Cc1cccc(OCC(=O)N(Cc2cccc(Br)c2)[C@H](C)C(=O)NC2CCCC2)c1. The fourth-order valence-electron chi connectivity index (χ4n) is 3.74. The molecule has 0 unspecified atom stereocenters. The number of carbonyl (C=O) groups excluding carboxylic acids is 2. The standard InChI is InChI=1S/C24H29BrN2O3/c1-17-7-5-12-22(13-17)30-16-23(28)27(15-19-8-6-9-20(25)14-19)18(2)24(29)26-21-10-3-4-11-21/h5-9,12-14,18,21H,3-4,10-11,15-16H2,1-2H3,(H,26,29)/t18-/m1/s1. The van der Waals surface area contributed by atoms with Crippen LogP contribution in [0.15, 0.2) is 53.0 Å². The van der Waals surface area contributed by atoms with Crippen LogP contribution in [0.1, 0.15) is 43.7 Å². The summed E-state index contributed by atoms with van der Waals surface area (Å²) in [4.78, 5) is 27.5. The van der Waals surface area contributed by atoms with Crippen molar-refractivity contribution >= 4 is 27.7 Å². The van der Waals surface area contributed by atoms with Crippen LogP contribution < -0.4 is 10.1 Å². The van der Waals surface area contributed by atoms with Gasteiger partial charge in [-0.3, -0.25) is 9.59 Å². The normalized spacial score (nSPS) is 14.9. The third-order valence-corrected chi connectivity index (χ3v) is 5.96. The smallest absolute Gasteiger partial charge is 0.261 e. The van der Waals surface area contributed by atoms with Gasteiger partial charge < -0.3 is 15.0 Å². The number of nitrogens with zero attached hydrogens (tertiary/aromatic N) is 1. The van der Waals surface area contributed by atoms with Crippen LogP contribution >= 0.6 is 15.9 Å². The van der Waals surface area contributed by atoms with Gasteiger partial charge in [-0.15, -0.1) is 0 Å². The number of aryl methyl sites for hydroxylation is 1. The monoisotopic (exact) mass is 472 g/mol. The van der Waals surface area contributed by atoms with Crippen molar-refractivity contribution in [2.75, 3.05) is 6.61 Å². The Morgan fingerprint density at radius 1 is 1.17 bits per heavy atom. The van der Waals surface area contributed by atoms with Crippen molar-refractivity contribution in [3.8, 4) is 5.75 Å². The quantitative estimate of drug-likeness (QED) is 0.609. The molecule has 5 nitrogen and oxygen atoms in total. The lowest BCUT2D eigenvalue weighted by molar-refractivity contribution is -0.142. The summed E-state index contributed by atoms with van der Waals surface area (Å²) in [6.45, 7) is 3.99. The van der Waals surface area contributed by atoms with E-state index in [0.717, 1.165) is 41.3 Å². The summed E-state index contributed by atoms with van der Waals surface area (Å²) in [5.74, 6) is 0.320. The van der Waals surface area contributed by atoms with Gasteiger partial charge in [-0.25, -0.2) is 0 Å². The lowest BCUT2D eigenvalue weighted by atomic mass is 10.1. The van der Waals surface area contributed by atoms with E-state index in [0.29, 0.717) is 12.3 Å². The number of ether oxygens (including phenoxy) is 1. The molecule has 0 spiro atoms. The molecule has 0 heterocycles. The zero-order valence-electron chi connectivity index (χ0n) is 17.6. The van der Waals surface area contributed by atoms with Crippen LogP contribution in [0.4, 0.5) is 0 Å². The number of benzene rings is 2. The molecule has 0 radical (unpaired) electrons. The molecule has 2 aromatic rings. The van der Waals surface area contributed by atoms with Gasteiger partial charge in [-0.1, -0.05) is 53.0 Å². The van der Waals surface area contributed by atoms with Crippen molar-refractivity contribution in [1.29, 1.82) is 0 Å². The first-order valence-electron chi connectivity index (χ1n) is 10.5. The Bertz CT molecular complexity index is 880. The molecule has 1 saturated carbocycles. The van der Waals surface area contributed by atoms with E-state index in [1.165, 1.54) is 0 Å². The molecule has 1 fully saturated rings. The second-order valence-electron chi connectivity index (χ2n) is 7.92. The fraction of sp³-hybridized carbons (Fsp3) is 0.417. The van der Waals surface area contributed by atoms with Gasteiger partial charge in [0.25, 0.3) is 5.91 Å². The molecule has 0 aromatic heterocycles. The third-order valence-electron chi connectivity index (χ3n) is 5.46. The maximum absolute atomic E-state index is 13.1. The fourth-order valence-corrected chi connectivity index (χ4v) is 4.19. The molecule has 0 bridgehead atoms. The predicted octanol–water partition coefficient (Wildman–Crippen LogP) is 4.61. The van der Waals surface area contributed by atoms with Crippen molar-refractivity contribution < 1.29 is 14.3 Å². The van der Waals surface area contributed by atoms with E-state index in [-0.39, 0.29) is 24.5 Å². The largest absolute Gasteiger partial charge is 0.484 e. The summed E-state index contributed by atoms with van der Waals surface area (Å²) in [7, 11) is 0. The molecule has 1 aliphatic carbocycles. The van der Waals surface area contributed by atoms with Gasteiger partial charge >= 0.3 is 0 Å². The van der Waals surface area contributed by atoms with Crippen LogP contribution in [0.2, 0.25) is 0 Å². The highest BCUT2D eigenvalue weighted by Crippen LogP contribution is 2.19. The van der Waals surface area contributed by atoms with E-state index in [4.69, 9.17) is 4.74 Å². The second kappa shape index (κ2) is 10.6. The maximum atomic E-state index is 13.1. The van der Waals surface area contributed by atoms with Crippen LogP contribution in [0, 0.1) is 6.92 Å². The molecule has 3 rings (SSSR count). The minimum atomic E-state index is -0.585. The highest BCUT2D eigenvalue weighted by Gasteiger charge is 2.28. The van der Waals surface area contributed by atoms with E-state index < -0.39 is 6.04 Å². The number of hydrogen-bond acceptors (Lipinski definition) is 3. The second-order valence-corrected chi connectivity index (χ2v) is 8.84. The number of carbonyl (C=O) groups is 2. The summed E-state index contributed by atoms with van der Waals surface area (Å²) in [5.41, 5.74) is 2.02. The lowest BCUT2D eigenvalue weighted by Gasteiger charge is -2.29. The molecule has 30 heavy (non-hydrogen) atoms. The highest BCUT2D eigenvalue weighted by molar-refractivity contribution is 9.10. The molecule has 1 aliphatic rings. The Hall–Kier alpha value is -2.34. The number of amides is 2. The molecule has 1 N–H and O–H groups in total. The van der Waals surface area contributed by atoms with Crippen molar-refractivity contribution in [2.24, 2.45) is 0 Å². The lowest BCUT2D eigenvalue weighted by Crippen LogP contribution is -2.50. The molecular formula is C24H29BrN2O3. The Morgan fingerprint density at radius 3 is 2.60 bits per heavy atom. The van der Waals surface area contributed by atoms with Gasteiger partial charge in [0, 0.05) is 17.1 Å². The average Bonchev–Trinajstić information content (AvgIpc) is 3.23. The van der Waals surface area contributed by atoms with Gasteiger partial charge in [0.05, 0.1) is 0 Å². The number of rotatable bonds is 8. The minimum absolute atomic E-state index is 0.110. The molecule has 6 heteroatoms. The Morgan fingerprint density at radius 2 is 1.90 bits per heavy atom. The topological polar surface area (TPSA) is 58.6 Å². The first kappa shape index (κ1) is 22.3. The predicted molar refractivity (Wildman–Crippen MR) is 121 cm³/mol. The van der Waals surface area contributed by atoms with Crippen molar-refractivity contribution in [1.82, 2.24) is 10.2 Å². The molecule has 1 atom stereocenters. The van der Waals surface area contributed by atoms with E-state index in [2.05, 4.69) is 21.2 Å². The van der Waals surface area contributed by atoms with E-state index in [1.54, 1.807) is 11.8 Å². The van der Waals surface area contributed by atoms with Gasteiger partial charge in [0.2, 0.25) is 5.91 Å². The van der Waals surface area contributed by atoms with E-state index >= 15 is 0 Å². The van der Waals surface area contributed by atoms with Crippen molar-refractivity contribution in [3.05, 3.63) is 64.1 Å². The third kappa shape index (κ3) is 6.33. The molecular weight excluding hydrogens is 444 g/mol.